The molecule has 2 aliphatic rings. The topological polar surface area (TPSA) is 55.7 Å². The van der Waals surface area contributed by atoms with Gasteiger partial charge in [-0.2, -0.15) is 13.2 Å². The van der Waals surface area contributed by atoms with Crippen LogP contribution in [0.2, 0.25) is 0 Å². The highest BCUT2D eigenvalue weighted by atomic mass is 19.4. The molecule has 1 amide bonds. The largest absolute Gasteiger partial charge is 0.486 e. The molecular weight excluding hydrogens is 495 g/mol. The van der Waals surface area contributed by atoms with Crippen LogP contribution in [0.25, 0.3) is 5.69 Å². The molecule has 202 valence electrons. The van der Waals surface area contributed by atoms with E-state index >= 15 is 0 Å². The molecule has 2 aromatic carbocycles. The van der Waals surface area contributed by atoms with Crippen molar-refractivity contribution in [2.24, 2.45) is 5.92 Å². The Kier molecular flexibility index (Phi) is 7.65. The summed E-state index contributed by atoms with van der Waals surface area (Å²) in [6.07, 6.45) is 1.88. The lowest BCUT2D eigenvalue weighted by atomic mass is 9.92. The van der Waals surface area contributed by atoms with E-state index in [9.17, 15) is 18.0 Å². The summed E-state index contributed by atoms with van der Waals surface area (Å²) in [5, 5.41) is 3.12. The van der Waals surface area contributed by atoms with E-state index in [-0.39, 0.29) is 11.9 Å². The number of halogens is 3. The Morgan fingerprint density at radius 3 is 2.53 bits per heavy atom. The van der Waals surface area contributed by atoms with Gasteiger partial charge in [-0.3, -0.25) is 9.69 Å². The first kappa shape index (κ1) is 26.2. The normalized spacial score (nSPS) is 17.3. The summed E-state index contributed by atoms with van der Waals surface area (Å²) >= 11 is 0. The van der Waals surface area contributed by atoms with Gasteiger partial charge in [0.2, 0.25) is 5.91 Å². The van der Waals surface area contributed by atoms with Crippen molar-refractivity contribution in [3.63, 3.8) is 0 Å². The van der Waals surface area contributed by atoms with Crippen LogP contribution in [0.5, 0.6) is 11.5 Å². The number of likely N-dealkylation sites (tertiary alicyclic amines) is 1. The number of nitrogens with one attached hydrogen (secondary N) is 1. The van der Waals surface area contributed by atoms with Crippen LogP contribution >= 0.6 is 0 Å². The molecule has 1 fully saturated rings. The minimum atomic E-state index is -4.34. The highest BCUT2D eigenvalue weighted by molar-refractivity contribution is 5.77. The third-order valence-corrected chi connectivity index (χ3v) is 7.27. The molecule has 1 saturated heterocycles. The first-order chi connectivity index (χ1) is 18.3. The third-order valence-electron chi connectivity index (χ3n) is 7.27. The predicted molar refractivity (Wildman–Crippen MR) is 137 cm³/mol. The summed E-state index contributed by atoms with van der Waals surface area (Å²) in [7, 11) is 0. The van der Waals surface area contributed by atoms with Crippen LogP contribution < -0.4 is 14.8 Å². The standard InChI is InChI=1S/C29H32F3N3O3/c1-20(25-3-2-4-26-28(25)38-16-15-37-26)33-27(36)17-21-9-12-34(13-10-21)18-22-11-14-35(19-22)24-7-5-23(6-8-24)29(30,31)32/h2-8,11,14,19-21H,9-10,12-13,15-18H2,1H3,(H,33,36). The Bertz CT molecular complexity index is 1250. The quantitative estimate of drug-likeness (QED) is 0.425. The first-order valence-corrected chi connectivity index (χ1v) is 13.0. The maximum absolute atomic E-state index is 12.8. The van der Waals surface area contributed by atoms with Crippen LogP contribution in [0.3, 0.4) is 0 Å². The zero-order valence-electron chi connectivity index (χ0n) is 21.3. The molecular formula is C29H32F3N3O3. The van der Waals surface area contributed by atoms with Gasteiger partial charge < -0.3 is 19.4 Å². The number of fused-ring (bicyclic) bond motifs is 1. The average molecular weight is 528 g/mol. The maximum Gasteiger partial charge on any atom is 0.416 e. The van der Waals surface area contributed by atoms with Crippen molar-refractivity contribution in [1.82, 2.24) is 14.8 Å². The van der Waals surface area contributed by atoms with Gasteiger partial charge in [0.1, 0.15) is 13.2 Å². The Hall–Kier alpha value is -3.46. The van der Waals surface area contributed by atoms with Gasteiger partial charge in [-0.25, -0.2) is 0 Å². The average Bonchev–Trinajstić information content (AvgIpc) is 3.37. The summed E-state index contributed by atoms with van der Waals surface area (Å²) in [6, 6.07) is 12.8. The van der Waals surface area contributed by atoms with Gasteiger partial charge in [-0.15, -0.1) is 0 Å². The first-order valence-electron chi connectivity index (χ1n) is 13.0. The molecule has 0 bridgehead atoms. The number of benzene rings is 2. The molecule has 1 unspecified atom stereocenters. The summed E-state index contributed by atoms with van der Waals surface area (Å²) in [6.45, 7) is 5.56. The molecule has 38 heavy (non-hydrogen) atoms. The summed E-state index contributed by atoms with van der Waals surface area (Å²) in [5.41, 5.74) is 2.07. The molecule has 3 heterocycles. The van der Waals surface area contributed by atoms with E-state index in [1.54, 1.807) is 0 Å². The van der Waals surface area contributed by atoms with Crippen molar-refractivity contribution in [1.29, 1.82) is 0 Å². The number of ether oxygens (including phenoxy) is 2. The van der Waals surface area contributed by atoms with Gasteiger partial charge in [0.15, 0.2) is 11.5 Å². The van der Waals surface area contributed by atoms with E-state index in [0.29, 0.717) is 37.0 Å². The Morgan fingerprint density at radius 2 is 1.79 bits per heavy atom. The van der Waals surface area contributed by atoms with Gasteiger partial charge in [0.25, 0.3) is 0 Å². The number of rotatable bonds is 7. The van der Waals surface area contributed by atoms with E-state index in [1.807, 2.05) is 48.1 Å². The van der Waals surface area contributed by atoms with Crippen molar-refractivity contribution < 1.29 is 27.4 Å². The van der Waals surface area contributed by atoms with Gasteiger partial charge in [0.05, 0.1) is 11.6 Å². The fraction of sp³-hybridized carbons (Fsp3) is 0.414. The fourth-order valence-electron chi connectivity index (χ4n) is 5.20. The van der Waals surface area contributed by atoms with Gasteiger partial charge in [0, 0.05) is 36.6 Å². The lowest BCUT2D eigenvalue weighted by molar-refractivity contribution is -0.137. The van der Waals surface area contributed by atoms with E-state index in [2.05, 4.69) is 10.2 Å². The van der Waals surface area contributed by atoms with Gasteiger partial charge in [-0.05, 0) is 80.7 Å². The third kappa shape index (κ3) is 6.15. The second kappa shape index (κ2) is 11.1. The molecule has 1 atom stereocenters. The molecule has 0 saturated carbocycles. The number of aromatic nitrogens is 1. The predicted octanol–water partition coefficient (Wildman–Crippen LogP) is 5.75. The second-order valence-electron chi connectivity index (χ2n) is 10.1. The lowest BCUT2D eigenvalue weighted by Gasteiger charge is -2.31. The number of piperidine rings is 1. The number of hydrogen-bond donors (Lipinski definition) is 1. The fourth-order valence-corrected chi connectivity index (χ4v) is 5.20. The molecule has 6 nitrogen and oxygen atoms in total. The van der Waals surface area contributed by atoms with Crippen LogP contribution in [-0.2, 0) is 17.5 Å². The van der Waals surface area contributed by atoms with Crippen molar-refractivity contribution >= 4 is 5.91 Å². The molecule has 2 aliphatic heterocycles. The Morgan fingerprint density at radius 1 is 1.05 bits per heavy atom. The Labute approximate surface area is 220 Å². The number of alkyl halides is 3. The summed E-state index contributed by atoms with van der Waals surface area (Å²) in [4.78, 5) is 15.1. The number of para-hydroxylation sites is 1. The van der Waals surface area contributed by atoms with Gasteiger partial charge >= 0.3 is 6.18 Å². The van der Waals surface area contributed by atoms with E-state index in [0.717, 1.165) is 61.5 Å². The molecule has 1 N–H and O–H groups in total. The van der Waals surface area contributed by atoms with Gasteiger partial charge in [-0.1, -0.05) is 12.1 Å². The number of amides is 1. The zero-order chi connectivity index (χ0) is 26.7. The van der Waals surface area contributed by atoms with E-state index < -0.39 is 11.7 Å². The molecule has 9 heteroatoms. The number of carbonyl (C=O) groups is 1. The van der Waals surface area contributed by atoms with Crippen LogP contribution in [0.15, 0.2) is 60.9 Å². The SMILES string of the molecule is CC(NC(=O)CC1CCN(Cc2ccn(-c3ccc(C(F)(F)F)cc3)c2)CC1)c1cccc2c1OCCO2. The van der Waals surface area contributed by atoms with Crippen LogP contribution in [0.4, 0.5) is 13.2 Å². The monoisotopic (exact) mass is 527 g/mol. The lowest BCUT2D eigenvalue weighted by Crippen LogP contribution is -2.36. The highest BCUT2D eigenvalue weighted by Gasteiger charge is 2.30. The van der Waals surface area contributed by atoms with Crippen LogP contribution in [0.1, 0.15) is 48.9 Å². The maximum atomic E-state index is 12.8. The van der Waals surface area contributed by atoms with Crippen LogP contribution in [0, 0.1) is 5.92 Å². The van der Waals surface area contributed by atoms with E-state index in [4.69, 9.17) is 9.47 Å². The minimum Gasteiger partial charge on any atom is -0.486 e. The smallest absolute Gasteiger partial charge is 0.416 e. The van der Waals surface area contributed by atoms with Crippen LogP contribution in [-0.4, -0.2) is 41.7 Å². The Balaban J connectivity index is 1.08. The summed E-state index contributed by atoms with van der Waals surface area (Å²) in [5.74, 6) is 1.81. The van der Waals surface area contributed by atoms with E-state index in [1.165, 1.54) is 12.1 Å². The molecule has 5 rings (SSSR count). The van der Waals surface area contributed by atoms with Crippen molar-refractivity contribution in [3.8, 4) is 17.2 Å². The minimum absolute atomic E-state index is 0.0406. The molecule has 0 spiro atoms. The highest BCUT2D eigenvalue weighted by Crippen LogP contribution is 2.37. The summed E-state index contributed by atoms with van der Waals surface area (Å²) < 4.78 is 51.7. The van der Waals surface area contributed by atoms with Crippen molar-refractivity contribution in [3.05, 3.63) is 77.6 Å². The molecule has 0 radical (unpaired) electrons. The van der Waals surface area contributed by atoms with Crippen molar-refractivity contribution in [2.75, 3.05) is 26.3 Å². The molecule has 1 aromatic heterocycles. The molecule has 0 aliphatic carbocycles. The van der Waals surface area contributed by atoms with Crippen molar-refractivity contribution in [2.45, 2.75) is 44.9 Å². The molecule has 3 aromatic rings. The number of hydrogen-bond acceptors (Lipinski definition) is 4. The second-order valence-corrected chi connectivity index (χ2v) is 10.1. The zero-order valence-corrected chi connectivity index (χ0v) is 21.3. The number of carbonyl (C=O) groups excluding carboxylic acids is 1. The number of nitrogens with zero attached hydrogens (tertiary/aromatic N) is 2.